The second-order valence-electron chi connectivity index (χ2n) is 5.35. The first kappa shape index (κ1) is 15.9. The van der Waals surface area contributed by atoms with Crippen molar-refractivity contribution in [3.63, 3.8) is 0 Å². The Morgan fingerprint density at radius 1 is 1.52 bits per heavy atom. The number of fused-ring (bicyclic) bond motifs is 3. The third-order valence-corrected chi connectivity index (χ3v) is 4.48. The predicted molar refractivity (Wildman–Crippen MR) is 89.7 cm³/mol. The summed E-state index contributed by atoms with van der Waals surface area (Å²) in [5.74, 6) is 1.39. The third kappa shape index (κ3) is 3.20. The van der Waals surface area contributed by atoms with Crippen LogP contribution in [-0.2, 0) is 6.61 Å². The Balaban J connectivity index is 1.81. The second kappa shape index (κ2) is 7.06. The number of nitrogens with zero attached hydrogens (tertiary/aromatic N) is 1. The van der Waals surface area contributed by atoms with Crippen LogP contribution in [0.2, 0.25) is 0 Å². The van der Waals surface area contributed by atoms with Gasteiger partial charge in [-0.2, -0.15) is 16.9 Å². The fourth-order valence-corrected chi connectivity index (χ4v) is 3.10. The summed E-state index contributed by atoms with van der Waals surface area (Å²) in [4.78, 5) is 12.5. The summed E-state index contributed by atoms with van der Waals surface area (Å²) in [6.07, 6.45) is 2.72. The quantitative estimate of drug-likeness (QED) is 0.750. The molecule has 1 amide bonds. The van der Waals surface area contributed by atoms with Crippen LogP contribution in [0, 0.1) is 0 Å². The Labute approximate surface area is 138 Å². The number of para-hydroxylation sites is 1. The average Bonchev–Trinajstić information content (AvgIpc) is 3.03. The summed E-state index contributed by atoms with van der Waals surface area (Å²) < 4.78 is 5.70. The van der Waals surface area contributed by atoms with Crippen LogP contribution in [0.5, 0.6) is 5.75 Å². The van der Waals surface area contributed by atoms with Crippen molar-refractivity contribution in [2.24, 2.45) is 0 Å². The predicted octanol–water partition coefficient (Wildman–Crippen LogP) is 1.81. The van der Waals surface area contributed by atoms with E-state index in [1.165, 1.54) is 0 Å². The minimum absolute atomic E-state index is 0.0814. The molecule has 1 atom stereocenters. The number of hydrogen-bond donors (Lipinski definition) is 3. The average molecular weight is 333 g/mol. The SMILES string of the molecule is CSCCC(CO)NC(=O)c1[nH]nc2c1COc1ccccc1-2. The number of H-pyrrole nitrogens is 1. The van der Waals surface area contributed by atoms with Crippen molar-refractivity contribution in [2.45, 2.75) is 19.1 Å². The number of thioether (sulfide) groups is 1. The molecule has 122 valence electrons. The molecular formula is C16H19N3O3S. The largest absolute Gasteiger partial charge is 0.488 e. The van der Waals surface area contributed by atoms with Gasteiger partial charge in [0.15, 0.2) is 0 Å². The minimum atomic E-state index is -0.262. The molecule has 1 aromatic heterocycles. The van der Waals surface area contributed by atoms with E-state index in [0.29, 0.717) is 12.3 Å². The first-order chi connectivity index (χ1) is 11.2. The molecule has 1 unspecified atom stereocenters. The lowest BCUT2D eigenvalue weighted by Gasteiger charge is -2.18. The third-order valence-electron chi connectivity index (χ3n) is 3.83. The number of rotatable bonds is 6. The van der Waals surface area contributed by atoms with E-state index in [-0.39, 0.29) is 18.6 Å². The van der Waals surface area contributed by atoms with E-state index in [9.17, 15) is 9.90 Å². The van der Waals surface area contributed by atoms with Crippen LogP contribution in [0.25, 0.3) is 11.3 Å². The lowest BCUT2D eigenvalue weighted by molar-refractivity contribution is 0.0907. The normalized spacial score (nSPS) is 13.7. The van der Waals surface area contributed by atoms with Gasteiger partial charge in [0.25, 0.3) is 5.91 Å². The Morgan fingerprint density at radius 2 is 2.35 bits per heavy atom. The number of aliphatic hydroxyl groups is 1. The van der Waals surface area contributed by atoms with Gasteiger partial charge < -0.3 is 15.2 Å². The zero-order valence-corrected chi connectivity index (χ0v) is 13.7. The monoisotopic (exact) mass is 333 g/mol. The van der Waals surface area contributed by atoms with Crippen LogP contribution < -0.4 is 10.1 Å². The standard InChI is InChI=1S/C16H19N3O3S/c1-23-7-6-10(8-20)17-16(21)15-12-9-22-13-5-3-2-4-11(13)14(12)18-19-15/h2-5,10,20H,6-9H2,1H3,(H,17,21)(H,18,19). The van der Waals surface area contributed by atoms with Gasteiger partial charge in [-0.3, -0.25) is 9.89 Å². The molecule has 0 bridgehead atoms. The molecule has 6 nitrogen and oxygen atoms in total. The van der Waals surface area contributed by atoms with Crippen LogP contribution in [0.1, 0.15) is 22.5 Å². The molecule has 2 heterocycles. The fourth-order valence-electron chi connectivity index (χ4n) is 2.58. The molecule has 3 rings (SSSR count). The highest BCUT2D eigenvalue weighted by atomic mass is 32.2. The summed E-state index contributed by atoms with van der Waals surface area (Å²) in [5.41, 5.74) is 2.78. The van der Waals surface area contributed by atoms with Crippen molar-refractivity contribution in [3.05, 3.63) is 35.5 Å². The lowest BCUT2D eigenvalue weighted by Crippen LogP contribution is -2.38. The molecule has 1 aliphatic rings. The maximum absolute atomic E-state index is 12.5. The number of ether oxygens (including phenoxy) is 1. The highest BCUT2D eigenvalue weighted by Crippen LogP contribution is 2.36. The van der Waals surface area contributed by atoms with Crippen molar-refractivity contribution in [1.82, 2.24) is 15.5 Å². The van der Waals surface area contributed by atoms with Gasteiger partial charge in [0.2, 0.25) is 0 Å². The molecule has 7 heteroatoms. The zero-order chi connectivity index (χ0) is 16.2. The van der Waals surface area contributed by atoms with Gasteiger partial charge >= 0.3 is 0 Å². The van der Waals surface area contributed by atoms with E-state index >= 15 is 0 Å². The van der Waals surface area contributed by atoms with Gasteiger partial charge in [0.05, 0.1) is 12.6 Å². The summed E-state index contributed by atoms with van der Waals surface area (Å²) in [6.45, 7) is 0.224. The van der Waals surface area contributed by atoms with Crippen LogP contribution in [0.4, 0.5) is 0 Å². The number of amides is 1. The van der Waals surface area contributed by atoms with Crippen LogP contribution in [-0.4, -0.2) is 45.9 Å². The zero-order valence-electron chi connectivity index (χ0n) is 12.8. The van der Waals surface area contributed by atoms with E-state index in [2.05, 4.69) is 15.5 Å². The van der Waals surface area contributed by atoms with Gasteiger partial charge in [0, 0.05) is 11.1 Å². The second-order valence-corrected chi connectivity index (χ2v) is 6.33. The summed E-state index contributed by atoms with van der Waals surface area (Å²) in [7, 11) is 0. The maximum Gasteiger partial charge on any atom is 0.270 e. The van der Waals surface area contributed by atoms with Crippen LogP contribution in [0.3, 0.4) is 0 Å². The number of carbonyl (C=O) groups is 1. The van der Waals surface area contributed by atoms with Crippen LogP contribution >= 0.6 is 11.8 Å². The molecule has 3 N–H and O–H groups in total. The highest BCUT2D eigenvalue weighted by molar-refractivity contribution is 7.98. The minimum Gasteiger partial charge on any atom is -0.488 e. The number of benzene rings is 1. The van der Waals surface area contributed by atoms with Gasteiger partial charge in [-0.25, -0.2) is 0 Å². The molecule has 0 saturated heterocycles. The van der Waals surface area contributed by atoms with E-state index in [4.69, 9.17) is 4.74 Å². The summed E-state index contributed by atoms with van der Waals surface area (Å²) in [6, 6.07) is 7.37. The molecule has 23 heavy (non-hydrogen) atoms. The molecule has 0 spiro atoms. The Kier molecular flexibility index (Phi) is 4.88. The number of nitrogens with one attached hydrogen (secondary N) is 2. The number of aromatic nitrogens is 2. The summed E-state index contributed by atoms with van der Waals surface area (Å²) >= 11 is 1.68. The topological polar surface area (TPSA) is 87.2 Å². The Hall–Kier alpha value is -1.99. The van der Waals surface area contributed by atoms with Gasteiger partial charge in [0.1, 0.15) is 23.7 Å². The molecule has 0 fully saturated rings. The Bertz CT molecular complexity index is 702. The molecule has 2 aromatic rings. The maximum atomic E-state index is 12.5. The van der Waals surface area contributed by atoms with Crippen molar-refractivity contribution in [3.8, 4) is 17.0 Å². The van der Waals surface area contributed by atoms with Crippen molar-refractivity contribution < 1.29 is 14.6 Å². The van der Waals surface area contributed by atoms with Crippen molar-refractivity contribution in [2.75, 3.05) is 18.6 Å². The van der Waals surface area contributed by atoms with E-state index in [0.717, 1.165) is 34.7 Å². The van der Waals surface area contributed by atoms with E-state index < -0.39 is 0 Å². The molecular weight excluding hydrogens is 314 g/mol. The molecule has 0 saturated carbocycles. The molecule has 0 aliphatic carbocycles. The fraction of sp³-hybridized carbons (Fsp3) is 0.375. The van der Waals surface area contributed by atoms with Crippen molar-refractivity contribution >= 4 is 17.7 Å². The van der Waals surface area contributed by atoms with E-state index in [1.807, 2.05) is 30.5 Å². The number of hydrogen-bond acceptors (Lipinski definition) is 5. The molecule has 0 radical (unpaired) electrons. The number of carbonyl (C=O) groups excluding carboxylic acids is 1. The van der Waals surface area contributed by atoms with Crippen LogP contribution in [0.15, 0.2) is 24.3 Å². The smallest absolute Gasteiger partial charge is 0.270 e. The van der Waals surface area contributed by atoms with Gasteiger partial charge in [-0.05, 0) is 30.6 Å². The number of aliphatic hydroxyl groups excluding tert-OH is 1. The molecule has 1 aromatic carbocycles. The van der Waals surface area contributed by atoms with Gasteiger partial charge in [-0.15, -0.1) is 0 Å². The van der Waals surface area contributed by atoms with E-state index in [1.54, 1.807) is 11.8 Å². The van der Waals surface area contributed by atoms with Gasteiger partial charge in [-0.1, -0.05) is 12.1 Å². The lowest BCUT2D eigenvalue weighted by atomic mass is 10.0. The van der Waals surface area contributed by atoms with Crippen molar-refractivity contribution in [1.29, 1.82) is 0 Å². The Morgan fingerprint density at radius 3 is 3.13 bits per heavy atom. The number of aromatic amines is 1. The highest BCUT2D eigenvalue weighted by Gasteiger charge is 2.26. The molecule has 1 aliphatic heterocycles. The summed E-state index contributed by atoms with van der Waals surface area (Å²) in [5, 5.41) is 19.3. The first-order valence-electron chi connectivity index (χ1n) is 7.44. The first-order valence-corrected chi connectivity index (χ1v) is 8.84.